The summed E-state index contributed by atoms with van der Waals surface area (Å²) in [6, 6.07) is 0. The molecule has 2 heterocycles. The highest BCUT2D eigenvalue weighted by molar-refractivity contribution is 8.15. The summed E-state index contributed by atoms with van der Waals surface area (Å²) in [5, 5.41) is 3.75. The van der Waals surface area contributed by atoms with E-state index in [1.165, 1.54) is 63.1 Å². The second-order valence-corrected chi connectivity index (χ2v) is 8.79. The molecule has 1 atom stereocenters. The SMILES string of the molecule is O=C1N=C(NCC2CCCCC2)SC1CC(=O)N1CCCCCCC1. The van der Waals surface area contributed by atoms with Crippen LogP contribution >= 0.6 is 11.8 Å². The lowest BCUT2D eigenvalue weighted by atomic mass is 9.89. The number of likely N-dealkylation sites (tertiary alicyclic amines) is 1. The lowest BCUT2D eigenvalue weighted by Gasteiger charge is -2.25. The molecule has 1 N–H and O–H groups in total. The van der Waals surface area contributed by atoms with Gasteiger partial charge in [0.2, 0.25) is 5.91 Å². The fraction of sp³-hybridized carbons (Fsp3) is 0.842. The Morgan fingerprint density at radius 2 is 1.68 bits per heavy atom. The first-order chi connectivity index (χ1) is 12.2. The van der Waals surface area contributed by atoms with Crippen molar-refractivity contribution >= 4 is 28.7 Å². The van der Waals surface area contributed by atoms with Gasteiger partial charge in [-0.25, -0.2) is 0 Å². The number of aliphatic imine (C=N–C) groups is 1. The zero-order valence-corrected chi connectivity index (χ0v) is 16.0. The molecule has 0 bridgehead atoms. The molecule has 2 amide bonds. The van der Waals surface area contributed by atoms with Crippen molar-refractivity contribution in [2.45, 2.75) is 75.9 Å². The van der Waals surface area contributed by atoms with Crippen LogP contribution in [-0.2, 0) is 9.59 Å². The van der Waals surface area contributed by atoms with E-state index in [9.17, 15) is 9.59 Å². The summed E-state index contributed by atoms with van der Waals surface area (Å²) in [6.07, 6.45) is 12.7. The van der Waals surface area contributed by atoms with Gasteiger partial charge in [0.05, 0.1) is 0 Å². The Bertz CT molecular complexity index is 495. The molecule has 0 aromatic carbocycles. The number of hydrogen-bond acceptors (Lipinski definition) is 4. The zero-order chi connectivity index (χ0) is 17.5. The minimum absolute atomic E-state index is 0.122. The molecule has 3 aliphatic rings. The van der Waals surface area contributed by atoms with Crippen molar-refractivity contribution in [1.82, 2.24) is 10.2 Å². The predicted octanol–water partition coefficient (Wildman–Crippen LogP) is 3.34. The average molecular weight is 366 g/mol. The number of nitrogens with one attached hydrogen (secondary N) is 1. The summed E-state index contributed by atoms with van der Waals surface area (Å²) >= 11 is 1.45. The average Bonchev–Trinajstić information content (AvgIpc) is 2.93. The maximum absolute atomic E-state index is 12.6. The maximum Gasteiger partial charge on any atom is 0.262 e. The highest BCUT2D eigenvalue weighted by Crippen LogP contribution is 2.27. The molecule has 3 rings (SSSR count). The third kappa shape index (κ3) is 5.73. The largest absolute Gasteiger partial charge is 0.364 e. The number of amidine groups is 1. The lowest BCUT2D eigenvalue weighted by molar-refractivity contribution is -0.133. The minimum Gasteiger partial charge on any atom is -0.364 e. The fourth-order valence-electron chi connectivity index (χ4n) is 4.00. The van der Waals surface area contributed by atoms with E-state index in [4.69, 9.17) is 0 Å². The summed E-state index contributed by atoms with van der Waals surface area (Å²) in [5.41, 5.74) is 0. The maximum atomic E-state index is 12.6. The second kappa shape index (κ2) is 9.60. The summed E-state index contributed by atoms with van der Waals surface area (Å²) < 4.78 is 0. The van der Waals surface area contributed by atoms with Crippen LogP contribution in [0.15, 0.2) is 4.99 Å². The first-order valence-electron chi connectivity index (χ1n) is 10.0. The molecule has 0 aromatic heterocycles. The Kier molecular flexibility index (Phi) is 7.20. The fourth-order valence-corrected chi connectivity index (χ4v) is 4.96. The topological polar surface area (TPSA) is 61.8 Å². The van der Waals surface area contributed by atoms with E-state index < -0.39 is 0 Å². The van der Waals surface area contributed by atoms with Crippen LogP contribution in [0.2, 0.25) is 0 Å². The van der Waals surface area contributed by atoms with Gasteiger partial charge in [-0.05, 0) is 31.6 Å². The molecular formula is C19H31N3O2S. The van der Waals surface area contributed by atoms with Gasteiger partial charge >= 0.3 is 0 Å². The molecule has 0 spiro atoms. The van der Waals surface area contributed by atoms with E-state index in [0.717, 1.165) is 37.6 Å². The second-order valence-electron chi connectivity index (χ2n) is 7.60. The Balaban J connectivity index is 1.42. The smallest absolute Gasteiger partial charge is 0.262 e. The van der Waals surface area contributed by atoms with Crippen molar-refractivity contribution < 1.29 is 9.59 Å². The van der Waals surface area contributed by atoms with E-state index >= 15 is 0 Å². The molecule has 1 unspecified atom stereocenters. The normalized spacial score (nSPS) is 26.1. The Labute approximate surface area is 155 Å². The van der Waals surface area contributed by atoms with Gasteiger partial charge in [0.1, 0.15) is 5.25 Å². The number of amides is 2. The number of hydrogen-bond donors (Lipinski definition) is 1. The lowest BCUT2D eigenvalue weighted by Crippen LogP contribution is -2.36. The van der Waals surface area contributed by atoms with E-state index in [1.807, 2.05) is 4.90 Å². The monoisotopic (exact) mass is 365 g/mol. The molecule has 0 aromatic rings. The standard InChI is InChI=1S/C19H31N3O2S/c23-17(22-11-7-2-1-3-8-12-22)13-16-18(24)21-19(25-16)20-14-15-9-5-4-6-10-15/h15-16H,1-14H2,(H,20,21,24). The van der Waals surface area contributed by atoms with Gasteiger partial charge in [0.25, 0.3) is 5.91 Å². The van der Waals surface area contributed by atoms with Crippen LogP contribution in [-0.4, -0.2) is 46.8 Å². The first kappa shape index (κ1) is 18.7. The molecule has 1 saturated carbocycles. The molecule has 25 heavy (non-hydrogen) atoms. The Hall–Kier alpha value is -1.04. The van der Waals surface area contributed by atoms with Crippen LogP contribution in [0.3, 0.4) is 0 Å². The Morgan fingerprint density at radius 3 is 2.40 bits per heavy atom. The van der Waals surface area contributed by atoms with E-state index in [0.29, 0.717) is 12.3 Å². The van der Waals surface area contributed by atoms with Gasteiger partial charge in [-0.2, -0.15) is 4.99 Å². The van der Waals surface area contributed by atoms with Gasteiger partial charge in [-0.3, -0.25) is 9.59 Å². The van der Waals surface area contributed by atoms with Crippen molar-refractivity contribution in [3.8, 4) is 0 Å². The molecule has 140 valence electrons. The van der Waals surface area contributed by atoms with E-state index in [-0.39, 0.29) is 17.1 Å². The van der Waals surface area contributed by atoms with Gasteiger partial charge < -0.3 is 10.2 Å². The Morgan fingerprint density at radius 1 is 1.04 bits per heavy atom. The molecular weight excluding hydrogens is 334 g/mol. The van der Waals surface area contributed by atoms with Crippen LogP contribution < -0.4 is 5.32 Å². The predicted molar refractivity (Wildman–Crippen MR) is 103 cm³/mol. The quantitative estimate of drug-likeness (QED) is 0.830. The van der Waals surface area contributed by atoms with Gasteiger partial charge in [0, 0.05) is 26.1 Å². The molecule has 0 radical (unpaired) electrons. The highest BCUT2D eigenvalue weighted by Gasteiger charge is 2.32. The summed E-state index contributed by atoms with van der Waals surface area (Å²) in [6.45, 7) is 2.60. The van der Waals surface area contributed by atoms with E-state index in [2.05, 4.69) is 10.3 Å². The van der Waals surface area contributed by atoms with Crippen LogP contribution in [0, 0.1) is 5.92 Å². The zero-order valence-electron chi connectivity index (χ0n) is 15.2. The van der Waals surface area contributed by atoms with Crippen LogP contribution in [0.4, 0.5) is 0 Å². The van der Waals surface area contributed by atoms with Crippen molar-refractivity contribution in [3.05, 3.63) is 0 Å². The number of thioether (sulfide) groups is 1. The van der Waals surface area contributed by atoms with Crippen molar-refractivity contribution in [3.63, 3.8) is 0 Å². The molecule has 5 nitrogen and oxygen atoms in total. The number of nitrogens with zero attached hydrogens (tertiary/aromatic N) is 2. The van der Waals surface area contributed by atoms with Crippen molar-refractivity contribution in [2.75, 3.05) is 19.6 Å². The van der Waals surface area contributed by atoms with Gasteiger partial charge in [-0.1, -0.05) is 50.3 Å². The first-order valence-corrected chi connectivity index (χ1v) is 10.9. The van der Waals surface area contributed by atoms with Crippen LogP contribution in [0.25, 0.3) is 0 Å². The summed E-state index contributed by atoms with van der Waals surface area (Å²) in [4.78, 5) is 30.8. The van der Waals surface area contributed by atoms with Crippen molar-refractivity contribution in [2.24, 2.45) is 10.9 Å². The number of rotatable bonds is 4. The van der Waals surface area contributed by atoms with E-state index in [1.54, 1.807) is 0 Å². The van der Waals surface area contributed by atoms with Crippen LogP contribution in [0.5, 0.6) is 0 Å². The van der Waals surface area contributed by atoms with Crippen LogP contribution in [0.1, 0.15) is 70.6 Å². The molecule has 1 saturated heterocycles. The molecule has 2 fully saturated rings. The molecule has 2 aliphatic heterocycles. The summed E-state index contributed by atoms with van der Waals surface area (Å²) in [5.74, 6) is 0.682. The molecule has 1 aliphatic carbocycles. The third-order valence-electron chi connectivity index (χ3n) is 5.58. The number of carbonyl (C=O) groups excluding carboxylic acids is 2. The summed E-state index contributed by atoms with van der Waals surface area (Å²) in [7, 11) is 0. The minimum atomic E-state index is -0.327. The van der Waals surface area contributed by atoms with Gasteiger partial charge in [0.15, 0.2) is 5.17 Å². The molecule has 6 heteroatoms. The van der Waals surface area contributed by atoms with Gasteiger partial charge in [-0.15, -0.1) is 0 Å². The van der Waals surface area contributed by atoms with Crippen molar-refractivity contribution in [1.29, 1.82) is 0 Å². The highest BCUT2D eigenvalue weighted by atomic mass is 32.2. The third-order valence-corrected chi connectivity index (χ3v) is 6.69. The number of carbonyl (C=O) groups is 2.